The summed E-state index contributed by atoms with van der Waals surface area (Å²) in [6.45, 7) is 5.59. The van der Waals surface area contributed by atoms with Crippen molar-refractivity contribution in [3.63, 3.8) is 0 Å². The lowest BCUT2D eigenvalue weighted by molar-refractivity contribution is -0.0979. The van der Waals surface area contributed by atoms with Gasteiger partial charge in [0.05, 0.1) is 0 Å². The number of hydrogen-bond donors (Lipinski definition) is 3. The molecule has 1 aromatic rings. The second kappa shape index (κ2) is 10.8. The van der Waals surface area contributed by atoms with Crippen LogP contribution in [0.4, 0.5) is 4.79 Å². The summed E-state index contributed by atoms with van der Waals surface area (Å²) in [4.78, 5) is 17.0. The summed E-state index contributed by atoms with van der Waals surface area (Å²) in [5, 5.41) is 9.19. The Hall–Kier alpha value is -2.30. The quantitative estimate of drug-likeness (QED) is 0.651. The van der Waals surface area contributed by atoms with Crippen LogP contribution in [0.2, 0.25) is 0 Å². The number of aromatic hydroxyl groups is 1. The highest BCUT2D eigenvalue weighted by Gasteiger charge is 1.93. The first-order valence-electron chi connectivity index (χ1n) is 4.29. The summed E-state index contributed by atoms with van der Waals surface area (Å²) in [7, 11) is 0. The van der Waals surface area contributed by atoms with E-state index in [1.807, 2.05) is 25.0 Å². The predicted molar refractivity (Wildman–Crippen MR) is 62.9 cm³/mol. The molecule has 0 radical (unpaired) electrons. The summed E-state index contributed by atoms with van der Waals surface area (Å²) in [5.41, 5.74) is 9.43. The van der Waals surface area contributed by atoms with Gasteiger partial charge < -0.3 is 21.4 Å². The highest BCUT2D eigenvalue weighted by atomic mass is 16.3. The third kappa shape index (κ3) is 9.79. The zero-order valence-electron chi connectivity index (χ0n) is 8.93. The predicted octanol–water partition coefficient (Wildman–Crippen LogP) is 0.960. The highest BCUT2D eigenvalue weighted by molar-refractivity contribution is 5.69. The van der Waals surface area contributed by atoms with Gasteiger partial charge in [-0.1, -0.05) is 24.3 Å². The van der Waals surface area contributed by atoms with Crippen LogP contribution in [0.1, 0.15) is 5.56 Å². The molecule has 0 unspecified atom stereocenters. The van der Waals surface area contributed by atoms with Gasteiger partial charge in [-0.25, -0.2) is 4.79 Å². The second-order valence-electron chi connectivity index (χ2n) is 2.52. The molecule has 88 valence electrons. The standard InChI is InChI=1S/C9H10O.CH4N2O.CH2O/c1-2-5-8-6-3-4-7-9(8)10;2-1(3)4;1-2/h2-4,6-7,10H,1,5H2;(H4,2,3,4);1H2. The molecule has 0 spiro atoms. The Morgan fingerprint density at radius 2 is 1.75 bits per heavy atom. The molecule has 16 heavy (non-hydrogen) atoms. The second-order valence-corrected chi connectivity index (χ2v) is 2.52. The van der Waals surface area contributed by atoms with Crippen LogP contribution < -0.4 is 11.5 Å². The molecule has 0 aliphatic carbocycles. The maximum absolute atomic E-state index is 9.19. The van der Waals surface area contributed by atoms with Gasteiger partial charge >= 0.3 is 6.03 Å². The molecule has 2 amide bonds. The van der Waals surface area contributed by atoms with E-state index in [4.69, 9.17) is 9.59 Å². The number of nitrogens with two attached hydrogens (primary N) is 2. The first kappa shape index (κ1) is 16.1. The zero-order valence-corrected chi connectivity index (χ0v) is 8.93. The van der Waals surface area contributed by atoms with Crippen molar-refractivity contribution in [1.29, 1.82) is 0 Å². The maximum atomic E-state index is 9.19. The number of primary amides is 2. The number of phenols is 1. The number of benzene rings is 1. The van der Waals surface area contributed by atoms with Crippen molar-refractivity contribution in [2.75, 3.05) is 0 Å². The molecule has 0 atom stereocenters. The molecule has 0 aromatic heterocycles. The number of carbonyl (C=O) groups is 2. The number of amides is 2. The monoisotopic (exact) mass is 224 g/mol. The Kier molecular flexibility index (Phi) is 10.9. The topological polar surface area (TPSA) is 106 Å². The molecule has 0 aliphatic heterocycles. The summed E-state index contributed by atoms with van der Waals surface area (Å²) in [6, 6.07) is 6.44. The number of urea groups is 1. The maximum Gasteiger partial charge on any atom is 0.309 e. The van der Waals surface area contributed by atoms with Gasteiger partial charge in [0.25, 0.3) is 0 Å². The number of carbonyl (C=O) groups excluding carboxylic acids is 2. The fourth-order valence-corrected chi connectivity index (χ4v) is 0.839. The smallest absolute Gasteiger partial charge is 0.309 e. The fraction of sp³-hybridized carbons (Fsp3) is 0.0909. The van der Waals surface area contributed by atoms with Gasteiger partial charge in [-0.3, -0.25) is 0 Å². The average molecular weight is 224 g/mol. The Bertz CT molecular complexity index is 323. The number of para-hydroxylation sites is 1. The van der Waals surface area contributed by atoms with Crippen molar-refractivity contribution in [1.82, 2.24) is 0 Å². The van der Waals surface area contributed by atoms with E-state index in [0.717, 1.165) is 12.0 Å². The minimum Gasteiger partial charge on any atom is -0.508 e. The van der Waals surface area contributed by atoms with E-state index < -0.39 is 6.03 Å². The van der Waals surface area contributed by atoms with E-state index in [9.17, 15) is 5.11 Å². The minimum atomic E-state index is -0.833. The SMILES string of the molecule is C=CCc1ccccc1O.C=O.NC(N)=O. The van der Waals surface area contributed by atoms with Gasteiger partial charge in [-0.05, 0) is 18.1 Å². The molecule has 0 heterocycles. The van der Waals surface area contributed by atoms with E-state index in [1.165, 1.54) is 0 Å². The van der Waals surface area contributed by atoms with Gasteiger partial charge in [0.2, 0.25) is 0 Å². The lowest BCUT2D eigenvalue weighted by atomic mass is 10.1. The molecule has 1 rings (SSSR count). The molecule has 0 fully saturated rings. The number of rotatable bonds is 2. The lowest BCUT2D eigenvalue weighted by Gasteiger charge is -1.97. The van der Waals surface area contributed by atoms with Crippen molar-refractivity contribution in [2.24, 2.45) is 11.5 Å². The van der Waals surface area contributed by atoms with Crippen molar-refractivity contribution in [3.05, 3.63) is 42.5 Å². The summed E-state index contributed by atoms with van der Waals surface area (Å²) < 4.78 is 0. The van der Waals surface area contributed by atoms with Gasteiger partial charge in [0, 0.05) is 0 Å². The van der Waals surface area contributed by atoms with Crippen LogP contribution in [0.3, 0.4) is 0 Å². The van der Waals surface area contributed by atoms with Crippen molar-refractivity contribution >= 4 is 12.8 Å². The number of allylic oxidation sites excluding steroid dienone is 1. The van der Waals surface area contributed by atoms with Gasteiger partial charge in [0.15, 0.2) is 0 Å². The van der Waals surface area contributed by atoms with Crippen LogP contribution in [0.15, 0.2) is 36.9 Å². The largest absolute Gasteiger partial charge is 0.508 e. The van der Waals surface area contributed by atoms with Crippen LogP contribution in [0.25, 0.3) is 0 Å². The molecule has 1 aromatic carbocycles. The molecule has 5 nitrogen and oxygen atoms in total. The summed E-state index contributed by atoms with van der Waals surface area (Å²) >= 11 is 0. The molecule has 5 N–H and O–H groups in total. The van der Waals surface area contributed by atoms with Crippen LogP contribution >= 0.6 is 0 Å². The molecule has 0 saturated carbocycles. The third-order valence-electron chi connectivity index (χ3n) is 1.36. The van der Waals surface area contributed by atoms with Gasteiger partial charge in [-0.15, -0.1) is 6.58 Å². The Morgan fingerprint density at radius 1 is 1.31 bits per heavy atom. The van der Waals surface area contributed by atoms with Crippen LogP contribution in [-0.4, -0.2) is 17.9 Å². The van der Waals surface area contributed by atoms with E-state index in [2.05, 4.69) is 18.0 Å². The molecular formula is C11H16N2O3. The number of hydrogen-bond acceptors (Lipinski definition) is 3. The van der Waals surface area contributed by atoms with Gasteiger partial charge in [0.1, 0.15) is 12.5 Å². The van der Waals surface area contributed by atoms with Gasteiger partial charge in [-0.2, -0.15) is 0 Å². The third-order valence-corrected chi connectivity index (χ3v) is 1.36. The van der Waals surface area contributed by atoms with E-state index in [1.54, 1.807) is 12.1 Å². The lowest BCUT2D eigenvalue weighted by Crippen LogP contribution is -2.18. The minimum absolute atomic E-state index is 0.349. The van der Waals surface area contributed by atoms with E-state index >= 15 is 0 Å². The molecule has 0 aliphatic rings. The van der Waals surface area contributed by atoms with Crippen LogP contribution in [-0.2, 0) is 11.2 Å². The highest BCUT2D eigenvalue weighted by Crippen LogP contribution is 2.15. The van der Waals surface area contributed by atoms with Crippen LogP contribution in [0.5, 0.6) is 5.75 Å². The summed E-state index contributed by atoms with van der Waals surface area (Å²) in [6.07, 6.45) is 2.50. The Morgan fingerprint density at radius 3 is 2.12 bits per heavy atom. The van der Waals surface area contributed by atoms with E-state index in [-0.39, 0.29) is 0 Å². The van der Waals surface area contributed by atoms with Crippen molar-refractivity contribution in [3.8, 4) is 5.75 Å². The Labute approximate surface area is 94.4 Å². The van der Waals surface area contributed by atoms with Crippen molar-refractivity contribution in [2.45, 2.75) is 6.42 Å². The molecular weight excluding hydrogens is 208 g/mol. The first-order chi connectivity index (χ1) is 7.57. The average Bonchev–Trinajstić information content (AvgIpc) is 2.24. The van der Waals surface area contributed by atoms with E-state index in [0.29, 0.717) is 5.75 Å². The normalized spacial score (nSPS) is 7.50. The Balaban J connectivity index is 0. The zero-order chi connectivity index (χ0) is 13.0. The summed E-state index contributed by atoms with van der Waals surface area (Å²) in [5.74, 6) is 0.349. The fourth-order valence-electron chi connectivity index (χ4n) is 0.839. The van der Waals surface area contributed by atoms with Crippen molar-refractivity contribution < 1.29 is 14.7 Å². The molecule has 0 saturated heterocycles. The molecule has 5 heteroatoms. The number of phenolic OH excluding ortho intramolecular Hbond substituents is 1. The first-order valence-corrected chi connectivity index (χ1v) is 4.29. The van der Waals surface area contributed by atoms with Crippen LogP contribution in [0, 0.1) is 0 Å². The molecule has 0 bridgehead atoms.